The van der Waals surface area contributed by atoms with E-state index >= 15 is 0 Å². The van der Waals surface area contributed by atoms with Crippen LogP contribution in [0.15, 0.2) is 101 Å². The molecule has 0 bridgehead atoms. The number of nitrogens with one attached hydrogen (secondary N) is 1. The van der Waals surface area contributed by atoms with Crippen LogP contribution in [0.4, 0.5) is 0 Å². The summed E-state index contributed by atoms with van der Waals surface area (Å²) in [7, 11) is 0. The molecular weight excluding hydrogens is 478 g/mol. The number of hydrogen-bond donors (Lipinski definition) is 2. The van der Waals surface area contributed by atoms with E-state index in [0.29, 0.717) is 47.6 Å². The van der Waals surface area contributed by atoms with E-state index in [9.17, 15) is 14.7 Å². The lowest BCUT2D eigenvalue weighted by molar-refractivity contribution is -0.140. The van der Waals surface area contributed by atoms with Crippen molar-refractivity contribution in [3.8, 4) is 11.5 Å². The Kier molecular flexibility index (Phi) is 7.31. The first kappa shape index (κ1) is 25.3. The second kappa shape index (κ2) is 11.0. The number of phenolic OH excluding ortho intramolecular Hbond substituents is 1. The van der Waals surface area contributed by atoms with Crippen LogP contribution in [0.1, 0.15) is 55.2 Å². The van der Waals surface area contributed by atoms with Crippen molar-refractivity contribution in [3.63, 3.8) is 0 Å². The van der Waals surface area contributed by atoms with Crippen LogP contribution in [0.3, 0.4) is 0 Å². The fourth-order valence-electron chi connectivity index (χ4n) is 5.39. The fourth-order valence-corrected chi connectivity index (χ4v) is 5.39. The average molecular weight is 510 g/mol. The minimum atomic E-state index is -0.640. The highest BCUT2D eigenvalue weighted by molar-refractivity contribution is 6.04. The van der Waals surface area contributed by atoms with E-state index in [2.05, 4.69) is 5.32 Å². The van der Waals surface area contributed by atoms with Gasteiger partial charge in [0, 0.05) is 29.3 Å². The summed E-state index contributed by atoms with van der Waals surface area (Å²) in [6, 6.07) is 24.5. The zero-order chi connectivity index (χ0) is 26.6. The number of ether oxygens (including phenoxy) is 2. The van der Waals surface area contributed by atoms with Gasteiger partial charge in [0.1, 0.15) is 6.61 Å². The number of ketones is 1. The quantitative estimate of drug-likeness (QED) is 0.386. The predicted octanol–water partition coefficient (Wildman–Crippen LogP) is 5.90. The van der Waals surface area contributed by atoms with Crippen LogP contribution in [0, 0.1) is 0 Å². The molecule has 0 unspecified atom stereocenters. The monoisotopic (exact) mass is 509 g/mol. The van der Waals surface area contributed by atoms with Crippen molar-refractivity contribution >= 4 is 11.8 Å². The van der Waals surface area contributed by atoms with Gasteiger partial charge in [-0.2, -0.15) is 0 Å². The van der Waals surface area contributed by atoms with Gasteiger partial charge in [-0.25, -0.2) is 4.79 Å². The Morgan fingerprint density at radius 1 is 0.974 bits per heavy atom. The number of hydrogen-bond acceptors (Lipinski definition) is 6. The summed E-state index contributed by atoms with van der Waals surface area (Å²) in [6.45, 7) is 4.17. The molecule has 2 N–H and O–H groups in total. The van der Waals surface area contributed by atoms with Gasteiger partial charge in [0.2, 0.25) is 0 Å². The topological polar surface area (TPSA) is 84.9 Å². The molecule has 0 spiro atoms. The molecule has 2 atom stereocenters. The molecule has 194 valence electrons. The third-order valence-corrected chi connectivity index (χ3v) is 7.15. The Hall–Kier alpha value is -4.32. The van der Waals surface area contributed by atoms with Crippen LogP contribution in [-0.2, 0) is 20.9 Å². The van der Waals surface area contributed by atoms with Crippen LogP contribution in [0.5, 0.6) is 11.5 Å². The SMILES string of the molecule is CCOc1cc([C@@H]2C(C(=O)OCc3ccccc3)=C(C)NC3=C2C(=O)C[C@@H](c2ccccc2)C3)ccc1O. The number of benzene rings is 3. The summed E-state index contributed by atoms with van der Waals surface area (Å²) >= 11 is 0. The highest BCUT2D eigenvalue weighted by Crippen LogP contribution is 2.47. The van der Waals surface area contributed by atoms with Gasteiger partial charge in [0.15, 0.2) is 17.3 Å². The number of dihydropyridines is 1. The normalized spacial score (nSPS) is 19.1. The molecule has 1 heterocycles. The Morgan fingerprint density at radius 2 is 1.68 bits per heavy atom. The molecule has 2 aliphatic rings. The van der Waals surface area contributed by atoms with Gasteiger partial charge in [-0.1, -0.05) is 66.7 Å². The molecule has 6 heteroatoms. The molecular formula is C32H31NO5. The van der Waals surface area contributed by atoms with Crippen molar-refractivity contribution in [1.82, 2.24) is 5.32 Å². The summed E-state index contributed by atoms with van der Waals surface area (Å²) in [4.78, 5) is 27.4. The third kappa shape index (κ3) is 5.07. The summed E-state index contributed by atoms with van der Waals surface area (Å²) in [5, 5.41) is 13.7. The Labute approximate surface area is 222 Å². The highest BCUT2D eigenvalue weighted by Gasteiger charge is 2.41. The van der Waals surface area contributed by atoms with Crippen LogP contribution in [0.25, 0.3) is 0 Å². The van der Waals surface area contributed by atoms with Crippen LogP contribution >= 0.6 is 0 Å². The first-order chi connectivity index (χ1) is 18.5. The van der Waals surface area contributed by atoms with Gasteiger partial charge in [-0.15, -0.1) is 0 Å². The number of aromatic hydroxyl groups is 1. The largest absolute Gasteiger partial charge is 0.504 e. The van der Waals surface area contributed by atoms with E-state index < -0.39 is 11.9 Å². The van der Waals surface area contributed by atoms with Crippen LogP contribution in [-0.4, -0.2) is 23.5 Å². The van der Waals surface area contributed by atoms with Gasteiger partial charge < -0.3 is 19.9 Å². The zero-order valence-corrected chi connectivity index (χ0v) is 21.6. The van der Waals surface area contributed by atoms with E-state index in [1.54, 1.807) is 18.2 Å². The number of esters is 1. The predicted molar refractivity (Wildman–Crippen MR) is 145 cm³/mol. The van der Waals surface area contributed by atoms with Gasteiger partial charge >= 0.3 is 5.97 Å². The smallest absolute Gasteiger partial charge is 0.337 e. The zero-order valence-electron chi connectivity index (χ0n) is 21.6. The van der Waals surface area contributed by atoms with Gasteiger partial charge in [-0.05, 0) is 55.0 Å². The van der Waals surface area contributed by atoms with E-state index in [1.807, 2.05) is 74.5 Å². The molecule has 0 fully saturated rings. The maximum atomic E-state index is 13.8. The Morgan fingerprint density at radius 3 is 2.39 bits per heavy atom. The molecule has 0 saturated carbocycles. The molecule has 38 heavy (non-hydrogen) atoms. The average Bonchev–Trinajstić information content (AvgIpc) is 2.93. The van der Waals surface area contributed by atoms with Crippen LogP contribution < -0.4 is 10.1 Å². The summed E-state index contributed by atoms with van der Waals surface area (Å²) < 4.78 is 11.4. The summed E-state index contributed by atoms with van der Waals surface area (Å²) in [5.74, 6) is -0.770. The minimum Gasteiger partial charge on any atom is -0.504 e. The number of Topliss-reactive ketones (excluding diaryl/α,β-unsaturated/α-hetero) is 1. The standard InChI is InChI=1S/C32H31NO5/c1-3-37-28-18-23(14-15-26(28)34)30-29(32(36)38-19-21-10-6-4-7-11-21)20(2)33-25-16-24(17-27(35)31(25)30)22-12-8-5-9-13-22/h4-15,18,24,30,33-34H,3,16-17,19H2,1-2H3/t24-,30+/m0/s1. The highest BCUT2D eigenvalue weighted by atomic mass is 16.5. The maximum Gasteiger partial charge on any atom is 0.337 e. The van der Waals surface area contributed by atoms with E-state index in [4.69, 9.17) is 9.47 Å². The van der Waals surface area contributed by atoms with Gasteiger partial charge in [0.25, 0.3) is 0 Å². The number of carbonyl (C=O) groups excluding carboxylic acids is 2. The first-order valence-corrected chi connectivity index (χ1v) is 12.9. The van der Waals surface area contributed by atoms with Crippen molar-refractivity contribution in [1.29, 1.82) is 0 Å². The summed E-state index contributed by atoms with van der Waals surface area (Å²) in [6.07, 6.45) is 1.00. The molecule has 3 aromatic carbocycles. The van der Waals surface area contributed by atoms with E-state index in [0.717, 1.165) is 16.8 Å². The molecule has 0 saturated heterocycles. The molecule has 0 amide bonds. The number of allylic oxidation sites excluding steroid dienone is 3. The van der Waals surface area contributed by atoms with Crippen molar-refractivity contribution in [3.05, 3.63) is 118 Å². The number of rotatable bonds is 7. The van der Waals surface area contributed by atoms with Gasteiger partial charge in [-0.3, -0.25) is 4.79 Å². The van der Waals surface area contributed by atoms with E-state index in [-0.39, 0.29) is 24.1 Å². The Bertz CT molecular complexity index is 1410. The molecule has 0 aromatic heterocycles. The van der Waals surface area contributed by atoms with Crippen LogP contribution in [0.2, 0.25) is 0 Å². The molecule has 3 aromatic rings. The lowest BCUT2D eigenvalue weighted by Gasteiger charge is -2.36. The molecule has 6 nitrogen and oxygen atoms in total. The minimum absolute atomic E-state index is 0.00626. The van der Waals surface area contributed by atoms with Crippen molar-refractivity contribution < 1.29 is 24.2 Å². The fraction of sp³-hybridized carbons (Fsp3) is 0.250. The molecule has 1 aliphatic heterocycles. The number of phenols is 1. The van der Waals surface area contributed by atoms with E-state index in [1.165, 1.54) is 0 Å². The van der Waals surface area contributed by atoms with Crippen molar-refractivity contribution in [2.75, 3.05) is 6.61 Å². The molecule has 1 aliphatic carbocycles. The second-order valence-electron chi connectivity index (χ2n) is 9.65. The third-order valence-electron chi connectivity index (χ3n) is 7.15. The lowest BCUT2D eigenvalue weighted by Crippen LogP contribution is -2.36. The van der Waals surface area contributed by atoms with Gasteiger partial charge in [0.05, 0.1) is 12.2 Å². The molecule has 0 radical (unpaired) electrons. The van der Waals surface area contributed by atoms with Crippen molar-refractivity contribution in [2.45, 2.75) is 45.1 Å². The lowest BCUT2D eigenvalue weighted by atomic mass is 9.71. The summed E-state index contributed by atoms with van der Waals surface area (Å²) in [5.41, 5.74) is 5.12. The number of carbonyl (C=O) groups is 2. The second-order valence-corrected chi connectivity index (χ2v) is 9.65. The Balaban J connectivity index is 1.55. The first-order valence-electron chi connectivity index (χ1n) is 12.9. The molecule has 5 rings (SSSR count). The maximum absolute atomic E-state index is 13.8. The van der Waals surface area contributed by atoms with Crippen molar-refractivity contribution in [2.24, 2.45) is 0 Å².